The first kappa shape index (κ1) is 19.0. The quantitative estimate of drug-likeness (QED) is 0.545. The molecule has 3 nitrogen and oxygen atoms in total. The van der Waals surface area contributed by atoms with Gasteiger partial charge in [-0.1, -0.05) is 48.4 Å². The van der Waals surface area contributed by atoms with Crippen molar-refractivity contribution in [2.45, 2.75) is 39.0 Å². The molecule has 3 heteroatoms. The Morgan fingerprint density at radius 3 is 2.15 bits per heavy atom. The van der Waals surface area contributed by atoms with Gasteiger partial charge in [0.1, 0.15) is 5.75 Å². The maximum Gasteiger partial charge on any atom is 0.330 e. The van der Waals surface area contributed by atoms with Gasteiger partial charge in [-0.05, 0) is 73.1 Å². The van der Waals surface area contributed by atoms with Gasteiger partial charge >= 0.3 is 5.97 Å². The number of hydrogen-bond donors (Lipinski definition) is 1. The number of rotatable bonds is 5. The SMILES string of the molecule is CCOC(=O)/C=C/c1ccc(C(=C2CCCCC2)c2ccc(O)cc2)cc1. The molecule has 2 aromatic carbocycles. The largest absolute Gasteiger partial charge is 0.508 e. The summed E-state index contributed by atoms with van der Waals surface area (Å²) in [6.45, 7) is 2.18. The van der Waals surface area contributed by atoms with Crippen molar-refractivity contribution in [2.24, 2.45) is 0 Å². The summed E-state index contributed by atoms with van der Waals surface area (Å²) in [5, 5.41) is 9.64. The predicted octanol–water partition coefficient (Wildman–Crippen LogP) is 5.73. The second-order valence-electron chi connectivity index (χ2n) is 6.79. The van der Waals surface area contributed by atoms with E-state index in [-0.39, 0.29) is 11.7 Å². The Kier molecular flexibility index (Phi) is 6.48. The molecule has 0 radical (unpaired) electrons. The number of carbonyl (C=O) groups is 1. The fraction of sp³-hybridized carbons (Fsp3) is 0.292. The fourth-order valence-corrected chi connectivity index (χ4v) is 3.55. The van der Waals surface area contributed by atoms with Gasteiger partial charge in [-0.2, -0.15) is 0 Å². The highest BCUT2D eigenvalue weighted by Crippen LogP contribution is 2.35. The molecule has 0 atom stereocenters. The van der Waals surface area contributed by atoms with Crippen LogP contribution in [-0.4, -0.2) is 17.7 Å². The molecule has 1 N–H and O–H groups in total. The molecule has 140 valence electrons. The predicted molar refractivity (Wildman–Crippen MR) is 109 cm³/mol. The van der Waals surface area contributed by atoms with Crippen LogP contribution in [0.2, 0.25) is 0 Å². The molecule has 0 aromatic heterocycles. The van der Waals surface area contributed by atoms with Crippen molar-refractivity contribution in [3.63, 3.8) is 0 Å². The molecule has 27 heavy (non-hydrogen) atoms. The maximum absolute atomic E-state index is 11.5. The number of benzene rings is 2. The Balaban J connectivity index is 1.91. The van der Waals surface area contributed by atoms with E-state index in [4.69, 9.17) is 4.74 Å². The summed E-state index contributed by atoms with van der Waals surface area (Å²) in [5.41, 5.74) is 6.04. The van der Waals surface area contributed by atoms with Gasteiger partial charge in [-0.25, -0.2) is 4.79 Å². The summed E-state index contributed by atoms with van der Waals surface area (Å²) < 4.78 is 4.92. The molecule has 0 unspecified atom stereocenters. The normalized spacial score (nSPS) is 14.3. The molecule has 0 bridgehead atoms. The number of phenols is 1. The van der Waals surface area contributed by atoms with E-state index in [1.807, 2.05) is 24.3 Å². The molecule has 0 spiro atoms. The Bertz CT molecular complexity index is 819. The summed E-state index contributed by atoms with van der Waals surface area (Å²) in [7, 11) is 0. The molecule has 1 saturated carbocycles. The molecular weight excluding hydrogens is 336 g/mol. The van der Waals surface area contributed by atoms with E-state index < -0.39 is 0 Å². The lowest BCUT2D eigenvalue weighted by atomic mass is 9.85. The van der Waals surface area contributed by atoms with E-state index >= 15 is 0 Å². The smallest absolute Gasteiger partial charge is 0.330 e. The van der Waals surface area contributed by atoms with Crippen LogP contribution in [0.5, 0.6) is 5.75 Å². The highest BCUT2D eigenvalue weighted by atomic mass is 16.5. The Morgan fingerprint density at radius 2 is 1.56 bits per heavy atom. The number of phenolic OH excluding ortho intramolecular Hbond substituents is 1. The lowest BCUT2D eigenvalue weighted by Gasteiger charge is -2.20. The molecule has 0 heterocycles. The standard InChI is InChI=1S/C24H26O3/c1-2-27-23(26)17-10-18-8-11-20(12-9-18)24(19-6-4-3-5-7-19)21-13-15-22(25)16-14-21/h8-17,25H,2-7H2,1H3/b17-10+. The van der Waals surface area contributed by atoms with Crippen LogP contribution in [0.4, 0.5) is 0 Å². The van der Waals surface area contributed by atoms with Crippen molar-refractivity contribution in [3.8, 4) is 5.75 Å². The van der Waals surface area contributed by atoms with Crippen molar-refractivity contribution in [1.29, 1.82) is 0 Å². The monoisotopic (exact) mass is 362 g/mol. The molecule has 0 saturated heterocycles. The van der Waals surface area contributed by atoms with E-state index in [0.717, 1.165) is 24.0 Å². The van der Waals surface area contributed by atoms with Gasteiger partial charge in [-0.3, -0.25) is 0 Å². The van der Waals surface area contributed by atoms with Crippen LogP contribution in [0.3, 0.4) is 0 Å². The van der Waals surface area contributed by atoms with E-state index in [9.17, 15) is 9.90 Å². The van der Waals surface area contributed by atoms with Crippen LogP contribution in [0.1, 0.15) is 55.7 Å². The lowest BCUT2D eigenvalue weighted by Crippen LogP contribution is -2.00. The van der Waals surface area contributed by atoms with Crippen LogP contribution in [-0.2, 0) is 9.53 Å². The van der Waals surface area contributed by atoms with Gasteiger partial charge < -0.3 is 9.84 Å². The van der Waals surface area contributed by atoms with Gasteiger partial charge in [0, 0.05) is 6.08 Å². The average Bonchev–Trinajstić information content (AvgIpc) is 2.70. The fourth-order valence-electron chi connectivity index (χ4n) is 3.55. The number of allylic oxidation sites excluding steroid dienone is 1. The number of esters is 1. The highest BCUT2D eigenvalue weighted by molar-refractivity contribution is 5.87. The summed E-state index contributed by atoms with van der Waals surface area (Å²) in [6, 6.07) is 15.7. The van der Waals surface area contributed by atoms with Gasteiger partial charge in [0.15, 0.2) is 0 Å². The van der Waals surface area contributed by atoms with Crippen LogP contribution >= 0.6 is 0 Å². The van der Waals surface area contributed by atoms with E-state index in [1.54, 1.807) is 25.1 Å². The Hall–Kier alpha value is -2.81. The van der Waals surface area contributed by atoms with Crippen LogP contribution in [0.25, 0.3) is 11.6 Å². The molecule has 1 aliphatic carbocycles. The van der Waals surface area contributed by atoms with Crippen molar-refractivity contribution in [1.82, 2.24) is 0 Å². The van der Waals surface area contributed by atoms with Crippen molar-refractivity contribution >= 4 is 17.6 Å². The van der Waals surface area contributed by atoms with Gasteiger partial charge in [0.05, 0.1) is 6.61 Å². The molecule has 2 aromatic rings. The molecule has 3 rings (SSSR count). The van der Waals surface area contributed by atoms with Gasteiger partial charge in [-0.15, -0.1) is 0 Å². The molecule has 0 amide bonds. The molecule has 1 aliphatic rings. The number of ether oxygens (including phenoxy) is 1. The summed E-state index contributed by atoms with van der Waals surface area (Å²) in [4.78, 5) is 11.5. The Labute approximate surface area is 161 Å². The number of hydrogen-bond acceptors (Lipinski definition) is 3. The third kappa shape index (κ3) is 5.10. The zero-order valence-corrected chi connectivity index (χ0v) is 15.8. The molecular formula is C24H26O3. The first-order valence-electron chi connectivity index (χ1n) is 9.64. The van der Waals surface area contributed by atoms with Gasteiger partial charge in [0.2, 0.25) is 0 Å². The first-order valence-corrected chi connectivity index (χ1v) is 9.64. The van der Waals surface area contributed by atoms with E-state index in [1.165, 1.54) is 42.0 Å². The van der Waals surface area contributed by atoms with Gasteiger partial charge in [0.25, 0.3) is 0 Å². The lowest BCUT2D eigenvalue weighted by molar-refractivity contribution is -0.137. The number of carbonyl (C=O) groups excluding carboxylic acids is 1. The van der Waals surface area contributed by atoms with Crippen molar-refractivity contribution in [2.75, 3.05) is 6.61 Å². The summed E-state index contributed by atoms with van der Waals surface area (Å²) >= 11 is 0. The first-order chi connectivity index (χ1) is 13.2. The minimum atomic E-state index is -0.323. The summed E-state index contributed by atoms with van der Waals surface area (Å²) in [6.07, 6.45) is 9.24. The van der Waals surface area contributed by atoms with Crippen molar-refractivity contribution < 1.29 is 14.6 Å². The minimum Gasteiger partial charge on any atom is -0.508 e. The topological polar surface area (TPSA) is 46.5 Å². The molecule has 0 aliphatic heterocycles. The Morgan fingerprint density at radius 1 is 0.963 bits per heavy atom. The number of aromatic hydroxyl groups is 1. The zero-order valence-electron chi connectivity index (χ0n) is 15.8. The minimum absolute atomic E-state index is 0.284. The maximum atomic E-state index is 11.5. The zero-order chi connectivity index (χ0) is 19.1. The average molecular weight is 362 g/mol. The van der Waals surface area contributed by atoms with Crippen LogP contribution in [0, 0.1) is 0 Å². The van der Waals surface area contributed by atoms with Crippen molar-refractivity contribution in [3.05, 3.63) is 76.9 Å². The molecule has 1 fully saturated rings. The second-order valence-corrected chi connectivity index (χ2v) is 6.79. The highest BCUT2D eigenvalue weighted by Gasteiger charge is 2.15. The van der Waals surface area contributed by atoms with E-state index in [0.29, 0.717) is 6.61 Å². The van der Waals surface area contributed by atoms with E-state index in [2.05, 4.69) is 12.1 Å². The third-order valence-corrected chi connectivity index (χ3v) is 4.86. The summed E-state index contributed by atoms with van der Waals surface area (Å²) in [5.74, 6) is -0.0399. The van der Waals surface area contributed by atoms with Crippen LogP contribution < -0.4 is 0 Å². The van der Waals surface area contributed by atoms with Crippen LogP contribution in [0.15, 0.2) is 60.2 Å². The third-order valence-electron chi connectivity index (χ3n) is 4.86. The second kappa shape index (κ2) is 9.22.